The fourth-order valence-corrected chi connectivity index (χ4v) is 2.28. The van der Waals surface area contributed by atoms with Crippen molar-refractivity contribution in [1.29, 1.82) is 0 Å². The fraction of sp³-hybridized carbons (Fsp3) is 0.214. The molecule has 0 atom stereocenters. The molecule has 102 valence electrons. The molecule has 0 aliphatic heterocycles. The highest BCUT2D eigenvalue weighted by Crippen LogP contribution is 2.38. The minimum absolute atomic E-state index is 0.171. The first-order valence-electron chi connectivity index (χ1n) is 6.28. The Hall–Kier alpha value is -1.95. The Morgan fingerprint density at radius 3 is 2.80 bits per heavy atom. The molecule has 0 radical (unpaired) electrons. The smallest absolute Gasteiger partial charge is 0.212 e. The number of nitrogens with one attached hydrogen (secondary N) is 1. The molecule has 3 rings (SSSR count). The second kappa shape index (κ2) is 5.58. The molecule has 1 N–H and O–H groups in total. The number of ketones is 1. The van der Waals surface area contributed by atoms with Crippen LogP contribution < -0.4 is 0 Å². The summed E-state index contributed by atoms with van der Waals surface area (Å²) in [6.45, 7) is 0. The Labute approximate surface area is 119 Å². The van der Waals surface area contributed by atoms with Crippen LogP contribution in [-0.2, 0) is 0 Å². The number of aromatic amines is 1. The molecule has 1 heterocycles. The van der Waals surface area contributed by atoms with E-state index >= 15 is 0 Å². The van der Waals surface area contributed by atoms with Crippen LogP contribution in [0.15, 0.2) is 40.9 Å². The number of thioether (sulfide) groups is 1. The van der Waals surface area contributed by atoms with Crippen molar-refractivity contribution in [2.75, 3.05) is 0 Å². The number of rotatable bonds is 5. The molecule has 1 aromatic heterocycles. The van der Waals surface area contributed by atoms with E-state index in [0.29, 0.717) is 16.6 Å². The van der Waals surface area contributed by atoms with Crippen LogP contribution in [0.5, 0.6) is 0 Å². The van der Waals surface area contributed by atoms with Gasteiger partial charge in [0.05, 0.1) is 0 Å². The zero-order valence-corrected chi connectivity index (χ0v) is 11.4. The van der Waals surface area contributed by atoms with Gasteiger partial charge in [-0.2, -0.15) is 0 Å². The number of carbonyl (C=O) groups excluding carboxylic acids is 1. The number of allylic oxidation sites excluding steroid dienone is 1. The maximum Gasteiger partial charge on any atom is 0.212 e. The second-order valence-electron chi connectivity index (χ2n) is 4.57. The summed E-state index contributed by atoms with van der Waals surface area (Å²) in [5, 5.41) is 9.23. The molecule has 1 aliphatic carbocycles. The highest BCUT2D eigenvalue weighted by Gasteiger charge is 2.26. The van der Waals surface area contributed by atoms with Crippen LogP contribution in [0.2, 0.25) is 0 Å². The van der Waals surface area contributed by atoms with Gasteiger partial charge in [-0.1, -0.05) is 11.8 Å². The van der Waals surface area contributed by atoms with Gasteiger partial charge in [0.1, 0.15) is 11.6 Å². The van der Waals surface area contributed by atoms with Crippen molar-refractivity contribution in [3.63, 3.8) is 0 Å². The zero-order chi connectivity index (χ0) is 13.9. The number of halogens is 1. The molecule has 4 nitrogen and oxygen atoms in total. The molecule has 0 amide bonds. The van der Waals surface area contributed by atoms with E-state index in [1.807, 2.05) is 0 Å². The number of benzene rings is 1. The van der Waals surface area contributed by atoms with Crippen LogP contribution in [0.4, 0.5) is 4.39 Å². The minimum atomic E-state index is -0.353. The van der Waals surface area contributed by atoms with Crippen molar-refractivity contribution >= 4 is 17.5 Å². The average molecular weight is 289 g/mol. The molecule has 0 spiro atoms. The normalized spacial score (nSPS) is 14.8. The first-order valence-corrected chi connectivity index (χ1v) is 7.16. The van der Waals surface area contributed by atoms with Gasteiger partial charge in [-0.15, -0.1) is 5.10 Å². The van der Waals surface area contributed by atoms with E-state index in [-0.39, 0.29) is 11.6 Å². The quantitative estimate of drug-likeness (QED) is 0.521. The summed E-state index contributed by atoms with van der Waals surface area (Å²) in [5.41, 5.74) is 0.455. The molecule has 20 heavy (non-hydrogen) atoms. The molecule has 1 saturated carbocycles. The Morgan fingerprint density at radius 2 is 2.10 bits per heavy atom. The van der Waals surface area contributed by atoms with Gasteiger partial charge in [-0.25, -0.2) is 9.37 Å². The molecular weight excluding hydrogens is 277 g/mol. The molecule has 1 aliphatic rings. The van der Waals surface area contributed by atoms with Crippen molar-refractivity contribution in [2.45, 2.75) is 23.9 Å². The van der Waals surface area contributed by atoms with Crippen molar-refractivity contribution in [2.24, 2.45) is 0 Å². The van der Waals surface area contributed by atoms with Gasteiger partial charge < -0.3 is 0 Å². The molecule has 1 fully saturated rings. The highest BCUT2D eigenvalue weighted by atomic mass is 32.2. The predicted octanol–water partition coefficient (Wildman–Crippen LogP) is 3.31. The summed E-state index contributed by atoms with van der Waals surface area (Å²) in [6.07, 6.45) is 3.77. The third kappa shape index (κ3) is 3.14. The second-order valence-corrected chi connectivity index (χ2v) is 5.44. The van der Waals surface area contributed by atoms with Crippen LogP contribution in [-0.4, -0.2) is 21.0 Å². The Morgan fingerprint density at radius 1 is 1.35 bits per heavy atom. The van der Waals surface area contributed by atoms with Gasteiger partial charge >= 0.3 is 0 Å². The van der Waals surface area contributed by atoms with Crippen LogP contribution in [0.3, 0.4) is 0 Å². The zero-order valence-electron chi connectivity index (χ0n) is 10.5. The van der Waals surface area contributed by atoms with Crippen LogP contribution >= 0.6 is 11.8 Å². The lowest BCUT2D eigenvalue weighted by Gasteiger charge is -1.94. The molecular formula is C14H12FN3OS. The third-order valence-corrected chi connectivity index (χ3v) is 3.63. The van der Waals surface area contributed by atoms with Crippen molar-refractivity contribution in [1.82, 2.24) is 15.2 Å². The van der Waals surface area contributed by atoms with Crippen LogP contribution in [0.1, 0.15) is 34.9 Å². The summed E-state index contributed by atoms with van der Waals surface area (Å²) < 4.78 is 12.7. The third-order valence-electron chi connectivity index (χ3n) is 2.97. The van der Waals surface area contributed by atoms with Gasteiger partial charge in [-0.05, 0) is 48.6 Å². The van der Waals surface area contributed by atoms with E-state index in [2.05, 4.69) is 15.2 Å². The fourth-order valence-electron chi connectivity index (χ4n) is 1.72. The lowest BCUT2D eigenvalue weighted by molar-refractivity contribution is 0.104. The lowest BCUT2D eigenvalue weighted by Crippen LogP contribution is -1.93. The van der Waals surface area contributed by atoms with Crippen molar-refractivity contribution in [3.8, 4) is 0 Å². The number of carbonyl (C=O) groups is 1. The first kappa shape index (κ1) is 13.1. The van der Waals surface area contributed by atoms with Crippen molar-refractivity contribution < 1.29 is 9.18 Å². The first-order chi connectivity index (χ1) is 9.72. The standard InChI is InChI=1S/C14H12FN3OS/c15-11-5-3-9(4-6-11)12(19)7-8-20-14-16-13(17-18-14)10-1-2-10/h3-8,10H,1-2H2,(H,16,17,18)/b8-7+. The number of hydrogen-bond donors (Lipinski definition) is 1. The van der Waals surface area contributed by atoms with E-state index in [1.54, 1.807) is 5.41 Å². The molecule has 0 unspecified atom stereocenters. The van der Waals surface area contributed by atoms with Gasteiger partial charge in [0.25, 0.3) is 0 Å². The number of H-pyrrole nitrogens is 1. The number of hydrogen-bond acceptors (Lipinski definition) is 4. The van der Waals surface area contributed by atoms with Crippen molar-refractivity contribution in [3.05, 3.63) is 53.0 Å². The number of aromatic nitrogens is 3. The van der Waals surface area contributed by atoms with Gasteiger partial charge in [0, 0.05) is 11.5 Å². The maximum absolute atomic E-state index is 12.7. The Bertz CT molecular complexity index is 647. The summed E-state index contributed by atoms with van der Waals surface area (Å²) in [7, 11) is 0. The topological polar surface area (TPSA) is 58.6 Å². The van der Waals surface area contributed by atoms with Gasteiger partial charge in [0.15, 0.2) is 5.78 Å². The largest absolute Gasteiger partial charge is 0.289 e. The van der Waals surface area contributed by atoms with E-state index in [1.165, 1.54) is 42.1 Å². The summed E-state index contributed by atoms with van der Waals surface area (Å²) in [5.74, 6) is 0.927. The summed E-state index contributed by atoms with van der Waals surface area (Å²) >= 11 is 1.28. The minimum Gasteiger partial charge on any atom is -0.289 e. The van der Waals surface area contributed by atoms with Gasteiger partial charge in [-0.3, -0.25) is 9.89 Å². The molecule has 6 heteroatoms. The van der Waals surface area contributed by atoms with Crippen LogP contribution in [0.25, 0.3) is 0 Å². The number of nitrogens with zero attached hydrogens (tertiary/aromatic N) is 2. The van der Waals surface area contributed by atoms with E-state index in [9.17, 15) is 9.18 Å². The maximum atomic E-state index is 12.7. The van der Waals surface area contributed by atoms with E-state index in [4.69, 9.17) is 0 Å². The molecule has 0 bridgehead atoms. The molecule has 2 aromatic rings. The predicted molar refractivity (Wildman–Crippen MR) is 74.1 cm³/mol. The average Bonchev–Trinajstić information content (AvgIpc) is 3.20. The highest BCUT2D eigenvalue weighted by molar-refractivity contribution is 8.02. The SMILES string of the molecule is O=C(/C=C/Sc1n[nH]c(C2CC2)n1)c1ccc(F)cc1. The Balaban J connectivity index is 1.58. The summed E-state index contributed by atoms with van der Waals surface area (Å²) in [6, 6.07) is 5.46. The summed E-state index contributed by atoms with van der Waals surface area (Å²) in [4.78, 5) is 16.1. The van der Waals surface area contributed by atoms with E-state index < -0.39 is 0 Å². The molecule has 1 aromatic carbocycles. The lowest BCUT2D eigenvalue weighted by atomic mass is 10.1. The van der Waals surface area contributed by atoms with Crippen LogP contribution in [0, 0.1) is 5.82 Å². The van der Waals surface area contributed by atoms with Gasteiger partial charge in [0.2, 0.25) is 5.16 Å². The molecule has 0 saturated heterocycles. The van der Waals surface area contributed by atoms with E-state index in [0.717, 1.165) is 18.7 Å². The monoisotopic (exact) mass is 289 g/mol. The Kier molecular flexibility index (Phi) is 3.64.